The van der Waals surface area contributed by atoms with Gasteiger partial charge >= 0.3 is 11.9 Å². The van der Waals surface area contributed by atoms with Crippen molar-refractivity contribution in [2.45, 2.75) is 39.3 Å². The molecule has 0 aliphatic heterocycles. The lowest BCUT2D eigenvalue weighted by molar-refractivity contribution is -0.137. The summed E-state index contributed by atoms with van der Waals surface area (Å²) in [4.78, 5) is 24.2. The van der Waals surface area contributed by atoms with E-state index in [-0.39, 0.29) is 17.9 Å². The van der Waals surface area contributed by atoms with Crippen LogP contribution in [0, 0.1) is 0 Å². The molecule has 0 heterocycles. The van der Waals surface area contributed by atoms with Gasteiger partial charge in [0.25, 0.3) is 0 Å². The number of ether oxygens (including phenoxy) is 2. The number of carbonyl (C=O) groups is 2. The molecule has 0 aromatic heterocycles. The van der Waals surface area contributed by atoms with Crippen LogP contribution in [-0.4, -0.2) is 42.3 Å². The average molecular weight is 371 g/mol. The first-order valence-corrected chi connectivity index (χ1v) is 14.5. The van der Waals surface area contributed by atoms with Gasteiger partial charge in [-0.05, 0) is 51.4 Å². The molecule has 24 heavy (non-hydrogen) atoms. The van der Waals surface area contributed by atoms with Gasteiger partial charge in [0.2, 0.25) is 16.6 Å². The van der Waals surface area contributed by atoms with Crippen molar-refractivity contribution in [1.29, 1.82) is 0 Å². The van der Waals surface area contributed by atoms with Crippen molar-refractivity contribution < 1.29 is 27.9 Å². The van der Waals surface area contributed by atoms with Crippen molar-refractivity contribution in [3.63, 3.8) is 0 Å². The standard InChI is InChI=1S/C16H26O6Si2/c1-19-12-8-9-13(16(18)22-24(5,6)7)14(10-12)20-11-15(17)21-23(2,3)4/h8-10H,11H2,1-7H3. The van der Waals surface area contributed by atoms with Crippen LogP contribution in [0.25, 0.3) is 0 Å². The maximum Gasteiger partial charge on any atom is 0.330 e. The highest BCUT2D eigenvalue weighted by molar-refractivity contribution is 6.71. The normalized spacial score (nSPS) is 11.6. The third kappa shape index (κ3) is 7.18. The van der Waals surface area contributed by atoms with Crippen LogP contribution in [-0.2, 0) is 13.6 Å². The third-order valence-corrected chi connectivity index (χ3v) is 4.21. The van der Waals surface area contributed by atoms with E-state index in [1.165, 1.54) is 7.11 Å². The molecule has 1 aromatic rings. The van der Waals surface area contributed by atoms with Crippen molar-refractivity contribution in [1.82, 2.24) is 0 Å². The molecule has 0 amide bonds. The number of carbonyl (C=O) groups excluding carboxylic acids is 2. The molecular weight excluding hydrogens is 344 g/mol. The minimum atomic E-state index is -2.05. The quantitative estimate of drug-likeness (QED) is 0.685. The van der Waals surface area contributed by atoms with Crippen LogP contribution in [0.1, 0.15) is 10.4 Å². The van der Waals surface area contributed by atoms with Gasteiger partial charge in [-0.15, -0.1) is 0 Å². The van der Waals surface area contributed by atoms with Crippen LogP contribution in [0.15, 0.2) is 18.2 Å². The lowest BCUT2D eigenvalue weighted by atomic mass is 10.2. The average Bonchev–Trinajstić information content (AvgIpc) is 2.41. The molecule has 0 unspecified atom stereocenters. The van der Waals surface area contributed by atoms with Crippen molar-refractivity contribution >= 4 is 28.6 Å². The van der Waals surface area contributed by atoms with E-state index in [1.807, 2.05) is 39.3 Å². The Hall–Kier alpha value is -1.81. The second-order valence-corrected chi connectivity index (χ2v) is 16.1. The molecule has 0 spiro atoms. The molecule has 134 valence electrons. The molecular formula is C16H26O6Si2. The second kappa shape index (κ2) is 7.84. The van der Waals surface area contributed by atoms with E-state index in [0.29, 0.717) is 5.75 Å². The zero-order valence-corrected chi connectivity index (χ0v) is 17.4. The molecule has 0 saturated heterocycles. The summed E-state index contributed by atoms with van der Waals surface area (Å²) >= 11 is 0. The Kier molecular flexibility index (Phi) is 6.61. The molecule has 0 bridgehead atoms. The Morgan fingerprint density at radius 1 is 0.958 bits per heavy atom. The van der Waals surface area contributed by atoms with E-state index in [2.05, 4.69) is 0 Å². The summed E-state index contributed by atoms with van der Waals surface area (Å²) in [6.45, 7) is 11.2. The maximum atomic E-state index is 12.3. The second-order valence-electron chi connectivity index (χ2n) is 7.24. The van der Waals surface area contributed by atoms with Crippen molar-refractivity contribution in [3.05, 3.63) is 23.8 Å². The van der Waals surface area contributed by atoms with E-state index in [0.717, 1.165) is 0 Å². The third-order valence-electron chi connectivity index (χ3n) is 2.57. The molecule has 0 radical (unpaired) electrons. The van der Waals surface area contributed by atoms with E-state index >= 15 is 0 Å². The molecule has 6 nitrogen and oxygen atoms in total. The largest absolute Gasteiger partial charge is 0.517 e. The maximum absolute atomic E-state index is 12.3. The number of rotatable bonds is 7. The molecule has 8 heteroatoms. The Morgan fingerprint density at radius 2 is 1.54 bits per heavy atom. The summed E-state index contributed by atoms with van der Waals surface area (Å²) in [6.07, 6.45) is 0. The SMILES string of the molecule is COc1ccc(C(=O)O[Si](C)(C)C)c(OCC(=O)O[Si](C)(C)C)c1. The van der Waals surface area contributed by atoms with Gasteiger partial charge in [-0.25, -0.2) is 9.59 Å². The summed E-state index contributed by atoms with van der Waals surface area (Å²) < 4.78 is 21.5. The monoisotopic (exact) mass is 370 g/mol. The minimum Gasteiger partial charge on any atom is -0.517 e. The minimum absolute atomic E-state index is 0.241. The fourth-order valence-corrected chi connectivity index (χ4v) is 3.17. The van der Waals surface area contributed by atoms with E-state index in [9.17, 15) is 9.59 Å². The van der Waals surface area contributed by atoms with Gasteiger partial charge in [0.05, 0.1) is 7.11 Å². The summed E-state index contributed by atoms with van der Waals surface area (Å²) in [7, 11) is -2.52. The van der Waals surface area contributed by atoms with Crippen LogP contribution in [0.2, 0.25) is 39.3 Å². The molecule has 0 N–H and O–H groups in total. The van der Waals surface area contributed by atoms with Crippen molar-refractivity contribution in [2.24, 2.45) is 0 Å². The first-order chi connectivity index (χ1) is 10.9. The highest BCUT2D eigenvalue weighted by atomic mass is 28.4. The van der Waals surface area contributed by atoms with E-state index in [4.69, 9.17) is 18.3 Å². The zero-order valence-electron chi connectivity index (χ0n) is 15.4. The topological polar surface area (TPSA) is 71.1 Å². The number of methoxy groups -OCH3 is 1. The van der Waals surface area contributed by atoms with Crippen LogP contribution in [0.5, 0.6) is 11.5 Å². The Bertz CT molecular complexity index is 602. The molecule has 0 aliphatic carbocycles. The highest BCUT2D eigenvalue weighted by Crippen LogP contribution is 2.26. The van der Waals surface area contributed by atoms with Crippen LogP contribution in [0.4, 0.5) is 0 Å². The first-order valence-electron chi connectivity index (χ1n) is 7.67. The van der Waals surface area contributed by atoms with E-state index in [1.54, 1.807) is 18.2 Å². The van der Waals surface area contributed by atoms with Gasteiger partial charge in [0.15, 0.2) is 6.61 Å². The molecule has 0 aliphatic rings. The fraction of sp³-hybridized carbons (Fsp3) is 0.500. The predicted molar refractivity (Wildman–Crippen MR) is 96.7 cm³/mol. The van der Waals surface area contributed by atoms with Gasteiger partial charge in [-0.1, -0.05) is 0 Å². The van der Waals surface area contributed by atoms with E-state index < -0.39 is 28.6 Å². The van der Waals surface area contributed by atoms with Crippen molar-refractivity contribution in [3.8, 4) is 11.5 Å². The van der Waals surface area contributed by atoms with Crippen LogP contribution >= 0.6 is 0 Å². The molecule has 0 atom stereocenters. The van der Waals surface area contributed by atoms with Gasteiger partial charge in [0.1, 0.15) is 17.1 Å². The number of hydrogen-bond donors (Lipinski definition) is 0. The fourth-order valence-electron chi connectivity index (χ4n) is 1.76. The van der Waals surface area contributed by atoms with Gasteiger partial charge in [-0.3, -0.25) is 0 Å². The van der Waals surface area contributed by atoms with Gasteiger partial charge in [-0.2, -0.15) is 0 Å². The molecule has 1 rings (SSSR count). The van der Waals surface area contributed by atoms with Crippen LogP contribution in [0.3, 0.4) is 0 Å². The lowest BCUT2D eigenvalue weighted by Gasteiger charge is -2.20. The Labute approximate surface area is 145 Å². The molecule has 0 fully saturated rings. The van der Waals surface area contributed by atoms with Crippen LogP contribution < -0.4 is 9.47 Å². The zero-order chi connectivity index (χ0) is 18.5. The van der Waals surface area contributed by atoms with Gasteiger partial charge in [0, 0.05) is 6.07 Å². The predicted octanol–water partition coefficient (Wildman–Crippen LogP) is 3.44. The summed E-state index contributed by atoms with van der Waals surface area (Å²) in [5.41, 5.74) is 0.263. The first kappa shape index (κ1) is 20.2. The smallest absolute Gasteiger partial charge is 0.330 e. The van der Waals surface area contributed by atoms with Gasteiger partial charge < -0.3 is 18.3 Å². The highest BCUT2D eigenvalue weighted by Gasteiger charge is 2.25. The Balaban J connectivity index is 2.94. The summed E-state index contributed by atoms with van der Waals surface area (Å²) in [6, 6.07) is 4.77. The Morgan fingerprint density at radius 3 is 2.04 bits per heavy atom. The number of benzene rings is 1. The number of hydrogen-bond acceptors (Lipinski definition) is 6. The summed E-state index contributed by atoms with van der Waals surface area (Å²) in [5, 5.41) is 0. The lowest BCUT2D eigenvalue weighted by Crippen LogP contribution is -2.32. The summed E-state index contributed by atoms with van der Waals surface area (Å²) in [5.74, 6) is -0.162. The van der Waals surface area contributed by atoms with Crippen molar-refractivity contribution in [2.75, 3.05) is 13.7 Å². The molecule has 0 saturated carbocycles. The molecule has 1 aromatic carbocycles.